The summed E-state index contributed by atoms with van der Waals surface area (Å²) < 4.78 is 32.1. The van der Waals surface area contributed by atoms with Crippen LogP contribution in [0.5, 0.6) is 0 Å². The van der Waals surface area contributed by atoms with E-state index in [1.54, 1.807) is 6.07 Å². The molecule has 0 aliphatic carbocycles. The molecular formula is C13H22N2O4S. The zero-order valence-corrected chi connectivity index (χ0v) is 12.8. The predicted octanol–water partition coefficient (Wildman–Crippen LogP) is 0.561. The fourth-order valence-corrected chi connectivity index (χ4v) is 3.20. The molecule has 0 saturated carbocycles. The largest absolute Gasteiger partial charge is 0.398 e. The first-order valence-corrected chi connectivity index (χ1v) is 7.79. The highest BCUT2D eigenvalue weighted by Gasteiger charge is 2.21. The highest BCUT2D eigenvalue weighted by molar-refractivity contribution is 7.89. The Morgan fingerprint density at radius 1 is 1.40 bits per heavy atom. The number of nitrogens with two attached hydrogens (primary N) is 1. The number of rotatable bonds is 7. The van der Waals surface area contributed by atoms with Crippen LogP contribution in [-0.2, 0) is 14.8 Å². The van der Waals surface area contributed by atoms with E-state index in [0.717, 1.165) is 11.1 Å². The molecule has 1 unspecified atom stereocenters. The van der Waals surface area contributed by atoms with Crippen LogP contribution >= 0.6 is 0 Å². The summed E-state index contributed by atoms with van der Waals surface area (Å²) in [6, 6.07) is 2.54. The highest BCUT2D eigenvalue weighted by atomic mass is 32.2. The van der Waals surface area contributed by atoms with Gasteiger partial charge in [-0.05, 0) is 43.5 Å². The third-order valence-corrected chi connectivity index (χ3v) is 4.66. The van der Waals surface area contributed by atoms with Crippen LogP contribution < -0.4 is 10.5 Å². The van der Waals surface area contributed by atoms with Gasteiger partial charge in [-0.2, -0.15) is 0 Å². The SMILES string of the molecule is COCC(CCO)NS(=O)(=O)c1cc(C)c(C)c(N)c1. The first kappa shape index (κ1) is 16.9. The maximum atomic E-state index is 12.3. The van der Waals surface area contributed by atoms with Crippen LogP contribution in [0, 0.1) is 13.8 Å². The number of hydrogen-bond acceptors (Lipinski definition) is 5. The number of nitrogen functional groups attached to an aromatic ring is 1. The van der Waals surface area contributed by atoms with Gasteiger partial charge in [0.2, 0.25) is 10.0 Å². The van der Waals surface area contributed by atoms with E-state index in [9.17, 15) is 8.42 Å². The molecule has 1 aromatic carbocycles. The summed E-state index contributed by atoms with van der Waals surface area (Å²) in [5.74, 6) is 0. The van der Waals surface area contributed by atoms with Crippen LogP contribution in [0.15, 0.2) is 17.0 Å². The van der Waals surface area contributed by atoms with E-state index < -0.39 is 16.1 Å². The molecule has 0 saturated heterocycles. The highest BCUT2D eigenvalue weighted by Crippen LogP contribution is 2.21. The minimum absolute atomic E-state index is 0.119. The lowest BCUT2D eigenvalue weighted by atomic mass is 10.1. The minimum atomic E-state index is -3.69. The Bertz CT molecular complexity index is 528. The molecule has 7 heteroatoms. The average molecular weight is 302 g/mol. The van der Waals surface area contributed by atoms with Gasteiger partial charge < -0.3 is 15.6 Å². The number of aliphatic hydroxyl groups excluding tert-OH is 1. The Morgan fingerprint density at radius 2 is 2.05 bits per heavy atom. The number of ether oxygens (including phenoxy) is 1. The lowest BCUT2D eigenvalue weighted by molar-refractivity contribution is 0.158. The second-order valence-corrected chi connectivity index (χ2v) is 6.45. The number of methoxy groups -OCH3 is 1. The average Bonchev–Trinajstić information content (AvgIpc) is 2.35. The minimum Gasteiger partial charge on any atom is -0.398 e. The van der Waals surface area contributed by atoms with Gasteiger partial charge in [-0.15, -0.1) is 0 Å². The maximum Gasteiger partial charge on any atom is 0.240 e. The summed E-state index contributed by atoms with van der Waals surface area (Å²) in [6.07, 6.45) is 0.285. The number of anilines is 1. The van der Waals surface area contributed by atoms with Crippen molar-refractivity contribution in [3.63, 3.8) is 0 Å². The molecule has 0 spiro atoms. The number of aryl methyl sites for hydroxylation is 1. The van der Waals surface area contributed by atoms with E-state index in [-0.39, 0.29) is 24.5 Å². The van der Waals surface area contributed by atoms with Gasteiger partial charge in [0.25, 0.3) is 0 Å². The smallest absolute Gasteiger partial charge is 0.240 e. The first-order chi connectivity index (χ1) is 9.31. The maximum absolute atomic E-state index is 12.3. The Kier molecular flexibility index (Phi) is 5.94. The molecule has 20 heavy (non-hydrogen) atoms. The molecule has 4 N–H and O–H groups in total. The third-order valence-electron chi connectivity index (χ3n) is 3.16. The van der Waals surface area contributed by atoms with Crippen LogP contribution in [0.3, 0.4) is 0 Å². The zero-order chi connectivity index (χ0) is 15.3. The van der Waals surface area contributed by atoms with E-state index in [2.05, 4.69) is 4.72 Å². The van der Waals surface area contributed by atoms with Crippen molar-refractivity contribution >= 4 is 15.7 Å². The van der Waals surface area contributed by atoms with Crippen molar-refractivity contribution in [2.45, 2.75) is 31.2 Å². The van der Waals surface area contributed by atoms with Gasteiger partial charge in [-0.25, -0.2) is 13.1 Å². The van der Waals surface area contributed by atoms with E-state index in [1.807, 2.05) is 13.8 Å². The van der Waals surface area contributed by atoms with E-state index in [1.165, 1.54) is 13.2 Å². The Morgan fingerprint density at radius 3 is 2.55 bits per heavy atom. The summed E-state index contributed by atoms with van der Waals surface area (Å²) in [7, 11) is -2.21. The molecule has 1 aromatic rings. The van der Waals surface area contributed by atoms with Crippen LogP contribution in [0.1, 0.15) is 17.5 Å². The quantitative estimate of drug-likeness (QED) is 0.639. The lowest BCUT2D eigenvalue weighted by Crippen LogP contribution is -2.38. The molecule has 0 heterocycles. The summed E-state index contributed by atoms with van der Waals surface area (Å²) in [5.41, 5.74) is 7.93. The van der Waals surface area contributed by atoms with E-state index in [4.69, 9.17) is 15.6 Å². The van der Waals surface area contributed by atoms with Gasteiger partial charge in [0.05, 0.1) is 11.5 Å². The molecule has 0 aliphatic rings. The Hall–Kier alpha value is -1.15. The van der Waals surface area contributed by atoms with Crippen LogP contribution in [0.2, 0.25) is 0 Å². The van der Waals surface area contributed by atoms with Crippen LogP contribution in [0.25, 0.3) is 0 Å². The van der Waals surface area contributed by atoms with Crippen molar-refractivity contribution in [3.05, 3.63) is 23.3 Å². The fourth-order valence-electron chi connectivity index (χ4n) is 1.83. The molecule has 1 rings (SSSR count). The van der Waals surface area contributed by atoms with Crippen LogP contribution in [0.4, 0.5) is 5.69 Å². The predicted molar refractivity (Wildman–Crippen MR) is 78.0 cm³/mol. The molecule has 0 fully saturated rings. The molecule has 0 aliphatic heterocycles. The van der Waals surface area contributed by atoms with Gasteiger partial charge in [-0.1, -0.05) is 0 Å². The van der Waals surface area contributed by atoms with Gasteiger partial charge in [0, 0.05) is 25.4 Å². The summed E-state index contributed by atoms with van der Waals surface area (Å²) >= 11 is 0. The molecule has 0 aromatic heterocycles. The molecule has 114 valence electrons. The Labute approximate surface area is 120 Å². The van der Waals surface area contributed by atoms with Crippen molar-refractivity contribution in [1.29, 1.82) is 0 Å². The van der Waals surface area contributed by atoms with Gasteiger partial charge in [-0.3, -0.25) is 0 Å². The molecule has 0 bridgehead atoms. The normalized spacial score (nSPS) is 13.4. The fraction of sp³-hybridized carbons (Fsp3) is 0.538. The zero-order valence-electron chi connectivity index (χ0n) is 12.0. The standard InChI is InChI=1S/C13H22N2O4S/c1-9-6-12(7-13(14)10(9)2)20(17,18)15-11(4-5-16)8-19-3/h6-7,11,15-16H,4-5,8,14H2,1-3H3. The molecule has 0 radical (unpaired) electrons. The van der Waals surface area contributed by atoms with Crippen molar-refractivity contribution in [2.75, 3.05) is 26.1 Å². The van der Waals surface area contributed by atoms with E-state index in [0.29, 0.717) is 5.69 Å². The summed E-state index contributed by atoms with van der Waals surface area (Å²) in [5, 5.41) is 8.94. The number of aliphatic hydroxyl groups is 1. The first-order valence-electron chi connectivity index (χ1n) is 6.30. The van der Waals surface area contributed by atoms with Crippen LogP contribution in [-0.4, -0.2) is 39.9 Å². The lowest BCUT2D eigenvalue weighted by Gasteiger charge is -2.18. The van der Waals surface area contributed by atoms with Crippen molar-refractivity contribution < 1.29 is 18.3 Å². The topological polar surface area (TPSA) is 102 Å². The van der Waals surface area contributed by atoms with Gasteiger partial charge in [0.15, 0.2) is 0 Å². The third kappa shape index (κ3) is 4.17. The van der Waals surface area contributed by atoms with Crippen molar-refractivity contribution in [1.82, 2.24) is 4.72 Å². The number of benzene rings is 1. The summed E-state index contributed by atoms with van der Waals surface area (Å²) in [6.45, 7) is 3.73. The molecule has 0 amide bonds. The second kappa shape index (κ2) is 7.03. The van der Waals surface area contributed by atoms with Gasteiger partial charge in [0.1, 0.15) is 0 Å². The second-order valence-electron chi connectivity index (χ2n) is 4.74. The summed E-state index contributed by atoms with van der Waals surface area (Å²) in [4.78, 5) is 0.122. The molecule has 1 atom stereocenters. The van der Waals surface area contributed by atoms with E-state index >= 15 is 0 Å². The Balaban J connectivity index is 3.04. The number of hydrogen-bond donors (Lipinski definition) is 3. The molecular weight excluding hydrogens is 280 g/mol. The number of nitrogens with one attached hydrogen (secondary N) is 1. The van der Waals surface area contributed by atoms with Crippen molar-refractivity contribution in [3.8, 4) is 0 Å². The number of sulfonamides is 1. The van der Waals surface area contributed by atoms with Gasteiger partial charge >= 0.3 is 0 Å². The monoisotopic (exact) mass is 302 g/mol. The molecule has 6 nitrogen and oxygen atoms in total. The van der Waals surface area contributed by atoms with Crippen molar-refractivity contribution in [2.24, 2.45) is 0 Å².